The van der Waals surface area contributed by atoms with Gasteiger partial charge in [0.2, 0.25) is 0 Å². The molecule has 1 N–H and O–H groups in total. The second kappa shape index (κ2) is 4.71. The minimum atomic E-state index is -0.801. The Kier molecular flexibility index (Phi) is 3.72. The first-order chi connectivity index (χ1) is 7.70. The summed E-state index contributed by atoms with van der Waals surface area (Å²) in [4.78, 5) is 12.2. The van der Waals surface area contributed by atoms with E-state index in [0.29, 0.717) is 12.1 Å². The lowest BCUT2D eigenvalue weighted by Gasteiger charge is -2.27. The monoisotopic (exact) mass is 238 g/mol. The van der Waals surface area contributed by atoms with E-state index >= 15 is 0 Å². The minimum Gasteiger partial charge on any atom is -0.389 e. The summed E-state index contributed by atoms with van der Waals surface area (Å²) in [6.45, 7) is 5.62. The average molecular weight is 238 g/mol. The Hall–Kier alpha value is -1.62. The third kappa shape index (κ3) is 3.71. The number of nitro groups is 1. The summed E-state index contributed by atoms with van der Waals surface area (Å²) in [5.41, 5.74) is 0.792. The second-order valence-electron chi connectivity index (χ2n) is 4.90. The molecule has 0 amide bonds. The van der Waals surface area contributed by atoms with E-state index in [0.717, 1.165) is 5.69 Å². The number of likely N-dealkylation sites (N-methyl/N-ethyl adjacent to an activating group) is 1. The maximum absolute atomic E-state index is 10.7. The third-order valence-electron chi connectivity index (χ3n) is 2.44. The van der Waals surface area contributed by atoms with E-state index in [4.69, 9.17) is 0 Å². The lowest BCUT2D eigenvalue weighted by Crippen LogP contribution is -2.36. The quantitative estimate of drug-likeness (QED) is 0.644. The highest BCUT2D eigenvalue weighted by Gasteiger charge is 2.17. The van der Waals surface area contributed by atoms with Crippen LogP contribution in [0.15, 0.2) is 18.2 Å². The van der Waals surface area contributed by atoms with Crippen molar-refractivity contribution in [3.63, 3.8) is 0 Å². The van der Waals surface area contributed by atoms with Gasteiger partial charge in [0.05, 0.1) is 10.5 Å². The lowest BCUT2D eigenvalue weighted by molar-refractivity contribution is -0.385. The number of rotatable bonds is 4. The molecule has 1 aromatic rings. The summed E-state index contributed by atoms with van der Waals surface area (Å²) >= 11 is 0. The molecule has 94 valence electrons. The number of aliphatic hydroxyl groups is 1. The van der Waals surface area contributed by atoms with Crippen LogP contribution in [0, 0.1) is 17.0 Å². The fourth-order valence-corrected chi connectivity index (χ4v) is 1.75. The van der Waals surface area contributed by atoms with Gasteiger partial charge in [-0.2, -0.15) is 0 Å². The number of hydrogen-bond acceptors (Lipinski definition) is 4. The largest absolute Gasteiger partial charge is 0.389 e. The SMILES string of the molecule is Cc1cc(N(C)CC(C)(C)O)ccc1[N+](=O)[O-]. The highest BCUT2D eigenvalue weighted by atomic mass is 16.6. The van der Waals surface area contributed by atoms with Gasteiger partial charge in [-0.3, -0.25) is 10.1 Å². The highest BCUT2D eigenvalue weighted by Crippen LogP contribution is 2.24. The van der Waals surface area contributed by atoms with Crippen LogP contribution in [-0.2, 0) is 0 Å². The van der Waals surface area contributed by atoms with Crippen molar-refractivity contribution in [3.8, 4) is 0 Å². The number of anilines is 1. The predicted octanol–water partition coefficient (Wildman–Crippen LogP) is 2.11. The zero-order valence-electron chi connectivity index (χ0n) is 10.6. The van der Waals surface area contributed by atoms with Gasteiger partial charge in [-0.05, 0) is 32.9 Å². The van der Waals surface area contributed by atoms with E-state index in [1.807, 2.05) is 11.9 Å². The summed E-state index contributed by atoms with van der Waals surface area (Å²) in [5, 5.41) is 20.4. The molecule has 17 heavy (non-hydrogen) atoms. The first-order valence-corrected chi connectivity index (χ1v) is 5.39. The Bertz CT molecular complexity index is 424. The van der Waals surface area contributed by atoms with E-state index in [2.05, 4.69) is 0 Å². The molecule has 0 aromatic heterocycles. The van der Waals surface area contributed by atoms with Gasteiger partial charge in [0.25, 0.3) is 5.69 Å². The maximum atomic E-state index is 10.7. The number of nitro benzene ring substituents is 1. The molecular weight excluding hydrogens is 220 g/mol. The van der Waals surface area contributed by atoms with Crippen molar-refractivity contribution >= 4 is 11.4 Å². The van der Waals surface area contributed by atoms with Crippen molar-refractivity contribution < 1.29 is 10.0 Å². The van der Waals surface area contributed by atoms with Gasteiger partial charge >= 0.3 is 0 Å². The summed E-state index contributed by atoms with van der Waals surface area (Å²) in [5.74, 6) is 0. The van der Waals surface area contributed by atoms with Crippen LogP contribution < -0.4 is 4.90 Å². The molecule has 0 atom stereocenters. The molecule has 1 aromatic carbocycles. The van der Waals surface area contributed by atoms with E-state index in [1.165, 1.54) is 6.07 Å². The van der Waals surface area contributed by atoms with Crippen LogP contribution in [0.3, 0.4) is 0 Å². The molecule has 0 saturated carbocycles. The first-order valence-electron chi connectivity index (χ1n) is 5.39. The molecule has 5 nitrogen and oxygen atoms in total. The second-order valence-corrected chi connectivity index (χ2v) is 4.90. The van der Waals surface area contributed by atoms with Gasteiger partial charge in [0.1, 0.15) is 0 Å². The fraction of sp³-hybridized carbons (Fsp3) is 0.500. The van der Waals surface area contributed by atoms with Crippen molar-refractivity contribution in [1.82, 2.24) is 0 Å². The molecule has 0 saturated heterocycles. The van der Waals surface area contributed by atoms with Gasteiger partial charge < -0.3 is 10.0 Å². The molecule has 1 rings (SSSR count). The molecule has 0 heterocycles. The van der Waals surface area contributed by atoms with E-state index in [-0.39, 0.29) is 5.69 Å². The molecule has 0 aliphatic rings. The molecule has 0 bridgehead atoms. The first kappa shape index (κ1) is 13.4. The summed E-state index contributed by atoms with van der Waals surface area (Å²) in [7, 11) is 1.85. The van der Waals surface area contributed by atoms with Crippen LogP contribution in [0.1, 0.15) is 19.4 Å². The number of nitrogens with zero attached hydrogens (tertiary/aromatic N) is 2. The summed E-state index contributed by atoms with van der Waals surface area (Å²) in [6, 6.07) is 4.94. The third-order valence-corrected chi connectivity index (χ3v) is 2.44. The van der Waals surface area contributed by atoms with Crippen molar-refractivity contribution in [2.24, 2.45) is 0 Å². The van der Waals surface area contributed by atoms with Crippen LogP contribution in [0.25, 0.3) is 0 Å². The van der Waals surface area contributed by atoms with Crippen LogP contribution in [0.5, 0.6) is 0 Å². The molecule has 0 spiro atoms. The Morgan fingerprint density at radius 2 is 2.06 bits per heavy atom. The molecule has 0 fully saturated rings. The molecule has 5 heteroatoms. The average Bonchev–Trinajstić information content (AvgIpc) is 2.14. The van der Waals surface area contributed by atoms with E-state index in [9.17, 15) is 15.2 Å². The van der Waals surface area contributed by atoms with E-state index < -0.39 is 10.5 Å². The van der Waals surface area contributed by atoms with Crippen molar-refractivity contribution in [1.29, 1.82) is 0 Å². The minimum absolute atomic E-state index is 0.116. The summed E-state index contributed by atoms with van der Waals surface area (Å²) in [6.07, 6.45) is 0. The Labute approximate surface area is 101 Å². The predicted molar refractivity (Wildman–Crippen MR) is 67.4 cm³/mol. The van der Waals surface area contributed by atoms with Crippen molar-refractivity contribution in [3.05, 3.63) is 33.9 Å². The lowest BCUT2D eigenvalue weighted by atomic mass is 10.1. The van der Waals surface area contributed by atoms with Crippen LogP contribution in [-0.4, -0.2) is 29.2 Å². The standard InChI is InChI=1S/C12H18N2O3/c1-9-7-10(5-6-11(9)14(16)17)13(4)8-12(2,3)15/h5-7,15H,8H2,1-4H3. The van der Waals surface area contributed by atoms with Crippen LogP contribution in [0.2, 0.25) is 0 Å². The molecular formula is C12H18N2O3. The normalized spacial score (nSPS) is 11.4. The smallest absolute Gasteiger partial charge is 0.272 e. The maximum Gasteiger partial charge on any atom is 0.272 e. The van der Waals surface area contributed by atoms with Crippen LogP contribution >= 0.6 is 0 Å². The Morgan fingerprint density at radius 1 is 1.47 bits per heavy atom. The van der Waals surface area contributed by atoms with Crippen molar-refractivity contribution in [2.45, 2.75) is 26.4 Å². The number of aryl methyl sites for hydroxylation is 1. The van der Waals surface area contributed by atoms with Crippen molar-refractivity contribution in [2.75, 3.05) is 18.5 Å². The van der Waals surface area contributed by atoms with Crippen LogP contribution in [0.4, 0.5) is 11.4 Å². The topological polar surface area (TPSA) is 66.6 Å². The van der Waals surface area contributed by atoms with Gasteiger partial charge in [0.15, 0.2) is 0 Å². The van der Waals surface area contributed by atoms with E-state index in [1.54, 1.807) is 32.9 Å². The molecule has 0 radical (unpaired) electrons. The van der Waals surface area contributed by atoms with Gasteiger partial charge in [-0.15, -0.1) is 0 Å². The zero-order chi connectivity index (χ0) is 13.2. The van der Waals surface area contributed by atoms with Gasteiger partial charge in [-0.1, -0.05) is 0 Å². The fourth-order valence-electron chi connectivity index (χ4n) is 1.75. The molecule has 0 unspecified atom stereocenters. The highest BCUT2D eigenvalue weighted by molar-refractivity contribution is 5.55. The van der Waals surface area contributed by atoms with Gasteiger partial charge in [0, 0.05) is 30.9 Å². The zero-order valence-corrected chi connectivity index (χ0v) is 10.6. The van der Waals surface area contributed by atoms with Gasteiger partial charge in [-0.25, -0.2) is 0 Å². The Morgan fingerprint density at radius 3 is 2.47 bits per heavy atom. The number of hydrogen-bond donors (Lipinski definition) is 1. The summed E-state index contributed by atoms with van der Waals surface area (Å²) < 4.78 is 0. The Balaban J connectivity index is 2.94. The number of benzene rings is 1. The molecule has 0 aliphatic carbocycles. The molecule has 0 aliphatic heterocycles.